The maximum absolute atomic E-state index is 11.8. The molecule has 29 heavy (non-hydrogen) atoms. The lowest BCUT2D eigenvalue weighted by Crippen LogP contribution is -2.53. The Kier molecular flexibility index (Phi) is 10.7. The summed E-state index contributed by atoms with van der Waals surface area (Å²) in [7, 11) is 1.79. The van der Waals surface area contributed by atoms with Gasteiger partial charge in [-0.2, -0.15) is 0 Å². The van der Waals surface area contributed by atoms with Crippen LogP contribution in [0.4, 0.5) is 4.79 Å². The van der Waals surface area contributed by atoms with Crippen molar-refractivity contribution in [2.75, 3.05) is 39.8 Å². The molecule has 164 valence electrons. The molecule has 8 heteroatoms. The van der Waals surface area contributed by atoms with Gasteiger partial charge in [0.2, 0.25) is 0 Å². The molecule has 2 rings (SSSR count). The molecule has 0 saturated carbocycles. The molecule has 1 fully saturated rings. The fourth-order valence-corrected chi connectivity index (χ4v) is 2.96. The van der Waals surface area contributed by atoms with E-state index >= 15 is 0 Å². The Morgan fingerprint density at radius 1 is 1.14 bits per heavy atom. The Morgan fingerprint density at radius 3 is 2.34 bits per heavy atom. The van der Waals surface area contributed by atoms with Crippen LogP contribution in [0.25, 0.3) is 0 Å². The number of hydrogen-bond acceptors (Lipinski definition) is 4. The van der Waals surface area contributed by atoms with Crippen LogP contribution in [-0.2, 0) is 22.6 Å². The van der Waals surface area contributed by atoms with Crippen molar-refractivity contribution in [3.8, 4) is 0 Å². The molecule has 0 aromatic heterocycles. The van der Waals surface area contributed by atoms with E-state index in [1.165, 1.54) is 5.56 Å². The molecule has 1 aromatic carbocycles. The maximum atomic E-state index is 11.8. The van der Waals surface area contributed by atoms with Gasteiger partial charge in [0.25, 0.3) is 0 Å². The second-order valence-electron chi connectivity index (χ2n) is 7.79. The van der Waals surface area contributed by atoms with Crippen molar-refractivity contribution in [1.82, 2.24) is 15.1 Å². The lowest BCUT2D eigenvalue weighted by Gasteiger charge is -2.35. The van der Waals surface area contributed by atoms with Gasteiger partial charge in [-0.1, -0.05) is 24.3 Å². The Morgan fingerprint density at radius 2 is 1.76 bits per heavy atom. The minimum atomic E-state index is -0.237. The number of nitrogens with one attached hydrogen (secondary N) is 1. The lowest BCUT2D eigenvalue weighted by atomic mass is 10.1. The van der Waals surface area contributed by atoms with Crippen LogP contribution < -0.4 is 5.32 Å². The molecule has 1 aliphatic rings. The normalized spacial score (nSPS) is 15.0. The predicted octanol–water partition coefficient (Wildman–Crippen LogP) is 3.47. The van der Waals surface area contributed by atoms with Crippen LogP contribution in [0.5, 0.6) is 0 Å². The highest BCUT2D eigenvalue weighted by Crippen LogP contribution is 2.13. The first-order valence-corrected chi connectivity index (χ1v) is 9.91. The van der Waals surface area contributed by atoms with Crippen molar-refractivity contribution in [3.63, 3.8) is 0 Å². The molecule has 1 aromatic rings. The molecule has 0 radical (unpaired) electrons. The second-order valence-corrected chi connectivity index (χ2v) is 7.79. The Labute approximate surface area is 191 Å². The number of carbonyl (C=O) groups is 1. The van der Waals surface area contributed by atoms with Crippen LogP contribution in [0.2, 0.25) is 0 Å². The monoisotopic (exact) mass is 518 g/mol. The quantitative estimate of drug-likeness (QED) is 0.368. The van der Waals surface area contributed by atoms with Gasteiger partial charge in [0.05, 0.1) is 18.8 Å². The smallest absolute Gasteiger partial charge is 0.409 e. The lowest BCUT2D eigenvalue weighted by molar-refractivity contribution is -0.0149. The summed E-state index contributed by atoms with van der Waals surface area (Å²) in [6.07, 6.45) is -0.237. The van der Waals surface area contributed by atoms with E-state index in [0.717, 1.165) is 24.6 Å². The topological polar surface area (TPSA) is 66.4 Å². The van der Waals surface area contributed by atoms with Gasteiger partial charge in [-0.25, -0.2) is 4.79 Å². The molecule has 1 amide bonds. The number of aliphatic imine (C=N–C) groups is 1. The molecule has 1 heterocycles. The van der Waals surface area contributed by atoms with Crippen LogP contribution >= 0.6 is 24.0 Å². The molecule has 0 atom stereocenters. The highest BCUT2D eigenvalue weighted by molar-refractivity contribution is 14.0. The van der Waals surface area contributed by atoms with Gasteiger partial charge in [-0.15, -0.1) is 24.0 Å². The number of piperazine rings is 1. The van der Waals surface area contributed by atoms with Crippen LogP contribution in [0.1, 0.15) is 38.8 Å². The first-order chi connectivity index (χ1) is 13.3. The number of halogens is 1. The van der Waals surface area contributed by atoms with Crippen molar-refractivity contribution >= 4 is 36.0 Å². The van der Waals surface area contributed by atoms with Gasteiger partial charge in [0.1, 0.15) is 0 Å². The second kappa shape index (κ2) is 12.2. The summed E-state index contributed by atoms with van der Waals surface area (Å²) in [5, 5.41) is 3.42. The molecule has 1 saturated heterocycles. The fourth-order valence-electron chi connectivity index (χ4n) is 2.96. The van der Waals surface area contributed by atoms with Crippen molar-refractivity contribution in [2.24, 2.45) is 4.99 Å². The Balaban J connectivity index is 0.00000420. The summed E-state index contributed by atoms with van der Waals surface area (Å²) in [6.45, 7) is 12.4. The van der Waals surface area contributed by atoms with Crippen LogP contribution in [-0.4, -0.2) is 67.3 Å². The van der Waals surface area contributed by atoms with Gasteiger partial charge in [-0.05, 0) is 38.8 Å². The van der Waals surface area contributed by atoms with E-state index in [2.05, 4.69) is 60.2 Å². The average molecular weight is 518 g/mol. The Hall–Kier alpha value is -1.55. The van der Waals surface area contributed by atoms with Gasteiger partial charge in [0, 0.05) is 39.8 Å². The van der Waals surface area contributed by atoms with Crippen molar-refractivity contribution in [3.05, 3.63) is 35.4 Å². The number of carbonyl (C=O) groups excluding carboxylic acids is 1. The molecule has 1 aliphatic heterocycles. The Bertz CT molecular complexity index is 668. The third-order valence-electron chi connectivity index (χ3n) is 4.43. The molecule has 0 unspecified atom stereocenters. The number of rotatable bonds is 5. The molecular formula is C21H35IN4O3. The highest BCUT2D eigenvalue weighted by atomic mass is 127. The van der Waals surface area contributed by atoms with E-state index in [1.54, 1.807) is 11.9 Å². The van der Waals surface area contributed by atoms with Crippen molar-refractivity contribution in [1.29, 1.82) is 0 Å². The predicted molar refractivity (Wildman–Crippen MR) is 127 cm³/mol. The standard InChI is InChI=1S/C21H34N4O3.HI/c1-6-27-20(26)25-12-10-24(11-13-25)19(22-5)23-15-17-8-7-9-18(14-17)16-28-21(2,3)4;/h7-9,14H,6,10-13,15-16H2,1-5H3,(H,22,23);1H. The van der Waals surface area contributed by atoms with E-state index in [9.17, 15) is 4.79 Å². The highest BCUT2D eigenvalue weighted by Gasteiger charge is 2.23. The van der Waals surface area contributed by atoms with Gasteiger partial charge >= 0.3 is 6.09 Å². The maximum Gasteiger partial charge on any atom is 0.409 e. The third kappa shape index (κ3) is 8.77. The summed E-state index contributed by atoms with van der Waals surface area (Å²) in [5.41, 5.74) is 2.19. The van der Waals surface area contributed by atoms with Gasteiger partial charge in [0.15, 0.2) is 5.96 Å². The summed E-state index contributed by atoms with van der Waals surface area (Å²) < 4.78 is 10.9. The van der Waals surface area contributed by atoms with Crippen molar-refractivity contribution in [2.45, 2.75) is 46.4 Å². The van der Waals surface area contributed by atoms with Crippen LogP contribution in [0.15, 0.2) is 29.3 Å². The van der Waals surface area contributed by atoms with Crippen LogP contribution in [0, 0.1) is 0 Å². The van der Waals surface area contributed by atoms with E-state index < -0.39 is 0 Å². The van der Waals surface area contributed by atoms with E-state index in [1.807, 2.05) is 6.92 Å². The van der Waals surface area contributed by atoms with Gasteiger partial charge < -0.3 is 24.6 Å². The zero-order chi connectivity index (χ0) is 20.6. The van der Waals surface area contributed by atoms with Gasteiger partial charge in [-0.3, -0.25) is 4.99 Å². The molecule has 0 spiro atoms. The van der Waals surface area contributed by atoms with Crippen molar-refractivity contribution < 1.29 is 14.3 Å². The summed E-state index contributed by atoms with van der Waals surface area (Å²) in [4.78, 5) is 20.1. The van der Waals surface area contributed by atoms with E-state index in [4.69, 9.17) is 9.47 Å². The zero-order valence-electron chi connectivity index (χ0n) is 18.2. The molecule has 7 nitrogen and oxygen atoms in total. The SMILES string of the molecule is CCOC(=O)N1CCN(C(=NC)NCc2cccc(COC(C)(C)C)c2)CC1.I. The molecule has 0 aliphatic carbocycles. The van der Waals surface area contributed by atoms with E-state index in [-0.39, 0.29) is 35.7 Å². The average Bonchev–Trinajstić information content (AvgIpc) is 2.67. The number of hydrogen-bond donors (Lipinski definition) is 1. The number of amides is 1. The largest absolute Gasteiger partial charge is 0.450 e. The molecular weight excluding hydrogens is 483 g/mol. The number of benzene rings is 1. The fraction of sp³-hybridized carbons (Fsp3) is 0.619. The minimum Gasteiger partial charge on any atom is -0.450 e. The number of nitrogens with zero attached hydrogens (tertiary/aromatic N) is 3. The van der Waals surface area contributed by atoms with Crippen LogP contribution in [0.3, 0.4) is 0 Å². The summed E-state index contributed by atoms with van der Waals surface area (Å²) in [5.74, 6) is 0.847. The first kappa shape index (κ1) is 25.5. The number of guanidine groups is 1. The summed E-state index contributed by atoms with van der Waals surface area (Å²) in [6, 6.07) is 8.39. The van der Waals surface area contributed by atoms with E-state index in [0.29, 0.717) is 32.8 Å². The minimum absolute atomic E-state index is 0. The number of ether oxygens (including phenoxy) is 2. The summed E-state index contributed by atoms with van der Waals surface area (Å²) >= 11 is 0. The third-order valence-corrected chi connectivity index (χ3v) is 4.43. The molecule has 0 bridgehead atoms. The first-order valence-electron chi connectivity index (χ1n) is 9.91. The zero-order valence-corrected chi connectivity index (χ0v) is 20.6. The molecule has 1 N–H and O–H groups in total.